The van der Waals surface area contributed by atoms with E-state index in [1.54, 1.807) is 0 Å². The third-order valence-corrected chi connectivity index (χ3v) is 3.53. The molecule has 1 aromatic carbocycles. The minimum atomic E-state index is -3.73. The number of anilines is 1. The molecular weight excluding hydrogens is 252 g/mol. The number of nitrogens with two attached hydrogens (primary N) is 2. The number of hydrogen-bond donors (Lipinski definition) is 2. The molecule has 1 atom stereocenters. The smallest absolute Gasteiger partial charge is 0.238 e. The molecule has 5 nitrogen and oxygen atoms in total. The van der Waals surface area contributed by atoms with Crippen LogP contribution in [0.4, 0.5) is 5.69 Å². The predicted molar refractivity (Wildman–Crippen MR) is 71.8 cm³/mol. The van der Waals surface area contributed by atoms with Crippen LogP contribution in [0.25, 0.3) is 0 Å². The van der Waals surface area contributed by atoms with Gasteiger partial charge in [-0.1, -0.05) is 20.3 Å². The first-order valence-corrected chi connectivity index (χ1v) is 7.44. The van der Waals surface area contributed by atoms with Crippen LogP contribution in [0.2, 0.25) is 0 Å². The van der Waals surface area contributed by atoms with Crippen molar-refractivity contribution in [2.75, 3.05) is 12.3 Å². The largest absolute Gasteiger partial charge is 0.491 e. The van der Waals surface area contributed by atoms with E-state index in [1.807, 2.05) is 0 Å². The van der Waals surface area contributed by atoms with Crippen LogP contribution in [0, 0.1) is 5.92 Å². The Kier molecular flexibility index (Phi) is 4.98. The molecule has 18 heavy (non-hydrogen) atoms. The summed E-state index contributed by atoms with van der Waals surface area (Å²) in [5.74, 6) is 0.761. The summed E-state index contributed by atoms with van der Waals surface area (Å²) in [4.78, 5) is 0.00912. The first-order chi connectivity index (χ1) is 8.34. The number of hydrogen-bond acceptors (Lipinski definition) is 4. The maximum absolute atomic E-state index is 11.2. The molecule has 0 saturated heterocycles. The van der Waals surface area contributed by atoms with Gasteiger partial charge in [-0.15, -0.1) is 0 Å². The van der Waals surface area contributed by atoms with Crippen molar-refractivity contribution in [3.8, 4) is 5.75 Å². The van der Waals surface area contributed by atoms with Gasteiger partial charge in [-0.3, -0.25) is 0 Å². The van der Waals surface area contributed by atoms with Crippen molar-refractivity contribution < 1.29 is 13.2 Å². The summed E-state index contributed by atoms with van der Waals surface area (Å²) in [5.41, 5.74) is 6.14. The average Bonchev–Trinajstić information content (AvgIpc) is 2.26. The zero-order chi connectivity index (χ0) is 13.8. The zero-order valence-electron chi connectivity index (χ0n) is 10.7. The van der Waals surface area contributed by atoms with Crippen LogP contribution in [0.15, 0.2) is 23.1 Å². The predicted octanol–water partition coefficient (Wildman–Crippen LogP) is 1.73. The summed E-state index contributed by atoms with van der Waals surface area (Å²) in [6.07, 6.45) is 2.13. The Bertz CT molecular complexity index is 500. The molecule has 6 heteroatoms. The zero-order valence-corrected chi connectivity index (χ0v) is 11.5. The van der Waals surface area contributed by atoms with Gasteiger partial charge in [0.15, 0.2) is 0 Å². The van der Waals surface area contributed by atoms with Gasteiger partial charge in [-0.05, 0) is 24.5 Å². The number of ether oxygens (including phenoxy) is 1. The van der Waals surface area contributed by atoms with Crippen molar-refractivity contribution in [3.05, 3.63) is 18.2 Å². The van der Waals surface area contributed by atoms with Gasteiger partial charge in [0.05, 0.1) is 17.2 Å². The van der Waals surface area contributed by atoms with E-state index in [4.69, 9.17) is 15.6 Å². The molecule has 1 unspecified atom stereocenters. The Morgan fingerprint density at radius 2 is 2.06 bits per heavy atom. The van der Waals surface area contributed by atoms with Gasteiger partial charge in [0.2, 0.25) is 10.0 Å². The van der Waals surface area contributed by atoms with E-state index >= 15 is 0 Å². The van der Waals surface area contributed by atoms with Gasteiger partial charge in [0.1, 0.15) is 5.75 Å². The summed E-state index contributed by atoms with van der Waals surface area (Å²) in [6, 6.07) is 4.22. The van der Waals surface area contributed by atoms with E-state index < -0.39 is 10.0 Å². The molecule has 0 heterocycles. The average molecular weight is 272 g/mol. The van der Waals surface area contributed by atoms with Crippen LogP contribution in [0.1, 0.15) is 26.7 Å². The maximum Gasteiger partial charge on any atom is 0.238 e. The van der Waals surface area contributed by atoms with E-state index in [0.29, 0.717) is 24.0 Å². The monoisotopic (exact) mass is 272 g/mol. The van der Waals surface area contributed by atoms with Crippen molar-refractivity contribution >= 4 is 15.7 Å². The number of rotatable bonds is 6. The van der Waals surface area contributed by atoms with Crippen LogP contribution in [-0.4, -0.2) is 15.0 Å². The lowest BCUT2D eigenvalue weighted by Gasteiger charge is -2.14. The van der Waals surface area contributed by atoms with Crippen molar-refractivity contribution in [3.63, 3.8) is 0 Å². The number of primary sulfonamides is 1. The van der Waals surface area contributed by atoms with Crippen molar-refractivity contribution in [1.29, 1.82) is 0 Å². The number of nitrogen functional groups attached to an aromatic ring is 1. The summed E-state index contributed by atoms with van der Waals surface area (Å²) in [7, 11) is -3.73. The highest BCUT2D eigenvalue weighted by Gasteiger charge is 2.12. The fourth-order valence-corrected chi connectivity index (χ4v) is 2.15. The van der Waals surface area contributed by atoms with Gasteiger partial charge >= 0.3 is 0 Å². The van der Waals surface area contributed by atoms with Gasteiger partial charge in [0, 0.05) is 6.07 Å². The Labute approximate surface area is 108 Å². The lowest BCUT2D eigenvalue weighted by Crippen LogP contribution is -2.13. The quantitative estimate of drug-likeness (QED) is 0.771. The second-order valence-corrected chi connectivity index (χ2v) is 6.01. The Morgan fingerprint density at radius 3 is 2.61 bits per heavy atom. The molecule has 0 saturated carbocycles. The molecule has 0 bridgehead atoms. The minimum Gasteiger partial charge on any atom is -0.491 e. The molecule has 0 aromatic heterocycles. The lowest BCUT2D eigenvalue weighted by molar-refractivity contribution is 0.252. The fourth-order valence-electron chi connectivity index (χ4n) is 1.62. The standard InChI is InChI=1S/C12H20N2O3S/c1-3-4-9(2)8-17-12-7-10(18(14,15)16)5-6-11(12)13/h5-7,9H,3-4,8,13H2,1-2H3,(H2,14,15,16). The molecule has 1 aromatic rings. The topological polar surface area (TPSA) is 95.4 Å². The van der Waals surface area contributed by atoms with Crippen molar-refractivity contribution in [2.45, 2.75) is 31.6 Å². The molecular formula is C12H20N2O3S. The van der Waals surface area contributed by atoms with Crippen LogP contribution in [0.3, 0.4) is 0 Å². The van der Waals surface area contributed by atoms with Gasteiger partial charge in [0.25, 0.3) is 0 Å². The van der Waals surface area contributed by atoms with Crippen LogP contribution in [0.5, 0.6) is 5.75 Å². The first-order valence-electron chi connectivity index (χ1n) is 5.89. The van der Waals surface area contributed by atoms with E-state index in [1.165, 1.54) is 18.2 Å². The van der Waals surface area contributed by atoms with Crippen molar-refractivity contribution in [1.82, 2.24) is 0 Å². The molecule has 0 spiro atoms. The molecule has 0 aliphatic rings. The van der Waals surface area contributed by atoms with Gasteiger partial charge in [-0.25, -0.2) is 13.6 Å². The summed E-state index contributed by atoms with van der Waals surface area (Å²) >= 11 is 0. The Hall–Kier alpha value is -1.27. The second-order valence-electron chi connectivity index (χ2n) is 4.45. The van der Waals surface area contributed by atoms with Crippen LogP contribution >= 0.6 is 0 Å². The highest BCUT2D eigenvalue weighted by atomic mass is 32.2. The summed E-state index contributed by atoms with van der Waals surface area (Å²) in [6.45, 7) is 4.68. The first kappa shape index (κ1) is 14.8. The van der Waals surface area contributed by atoms with Crippen LogP contribution < -0.4 is 15.6 Å². The van der Waals surface area contributed by atoms with E-state index in [9.17, 15) is 8.42 Å². The third kappa shape index (κ3) is 4.19. The highest BCUT2D eigenvalue weighted by molar-refractivity contribution is 7.89. The summed E-state index contributed by atoms with van der Waals surface area (Å²) in [5, 5.41) is 5.06. The fraction of sp³-hybridized carbons (Fsp3) is 0.500. The minimum absolute atomic E-state index is 0.00912. The van der Waals surface area contributed by atoms with Crippen LogP contribution in [-0.2, 0) is 10.0 Å². The molecule has 0 radical (unpaired) electrons. The molecule has 0 aliphatic carbocycles. The molecule has 0 aliphatic heterocycles. The molecule has 102 valence electrons. The van der Waals surface area contributed by atoms with E-state index in [-0.39, 0.29) is 4.90 Å². The third-order valence-electron chi connectivity index (χ3n) is 2.62. The highest BCUT2D eigenvalue weighted by Crippen LogP contribution is 2.25. The summed E-state index contributed by atoms with van der Waals surface area (Å²) < 4.78 is 28.0. The van der Waals surface area contributed by atoms with Gasteiger partial charge in [-0.2, -0.15) is 0 Å². The number of sulfonamides is 1. The maximum atomic E-state index is 11.2. The lowest BCUT2D eigenvalue weighted by atomic mass is 10.1. The van der Waals surface area contributed by atoms with E-state index in [2.05, 4.69) is 13.8 Å². The Morgan fingerprint density at radius 1 is 1.39 bits per heavy atom. The molecule has 0 amide bonds. The molecule has 1 rings (SSSR count). The number of benzene rings is 1. The normalized spacial score (nSPS) is 13.3. The molecule has 4 N–H and O–H groups in total. The SMILES string of the molecule is CCCC(C)COc1cc(S(N)(=O)=O)ccc1N. The van der Waals surface area contributed by atoms with Crippen molar-refractivity contribution in [2.24, 2.45) is 11.1 Å². The van der Waals surface area contributed by atoms with E-state index in [0.717, 1.165) is 12.8 Å². The Balaban J connectivity index is 2.82. The van der Waals surface area contributed by atoms with Gasteiger partial charge < -0.3 is 10.5 Å². The molecule has 0 fully saturated rings. The second kappa shape index (κ2) is 6.06.